The van der Waals surface area contributed by atoms with Crippen LogP contribution >= 0.6 is 11.6 Å². The maximum atomic E-state index is 10.2. The molecule has 0 aromatic heterocycles. The summed E-state index contributed by atoms with van der Waals surface area (Å²) in [5.41, 5.74) is -0.142. The number of nitro benzene ring substituents is 1. The summed E-state index contributed by atoms with van der Waals surface area (Å²) in [7, 11) is 5.31. The molecule has 1 aromatic rings. The Morgan fingerprint density at radius 1 is 1.55 bits per heavy atom. The zero-order valence-electron chi connectivity index (χ0n) is 5.45. The summed E-state index contributed by atoms with van der Waals surface area (Å²) < 4.78 is 0. The van der Waals surface area contributed by atoms with E-state index in [-0.39, 0.29) is 16.2 Å². The highest BCUT2D eigenvalue weighted by atomic mass is 35.5. The number of nitro groups is 1. The van der Waals surface area contributed by atoms with Crippen LogP contribution in [-0.4, -0.2) is 12.8 Å². The lowest BCUT2D eigenvalue weighted by molar-refractivity contribution is -0.383. The van der Waals surface area contributed by atoms with E-state index >= 15 is 0 Å². The van der Waals surface area contributed by atoms with Crippen molar-refractivity contribution < 1.29 is 4.92 Å². The van der Waals surface area contributed by atoms with Crippen molar-refractivity contribution in [2.45, 2.75) is 0 Å². The minimum atomic E-state index is -0.568. The lowest BCUT2D eigenvalue weighted by atomic mass is 9.94. The normalized spacial score (nSPS) is 9.55. The van der Waals surface area contributed by atoms with Crippen molar-refractivity contribution in [2.24, 2.45) is 0 Å². The van der Waals surface area contributed by atoms with Gasteiger partial charge in [-0.15, -0.1) is 0 Å². The number of nitrogens with zero attached hydrogens (tertiary/aromatic N) is 1. The third kappa shape index (κ3) is 1.52. The van der Waals surface area contributed by atoms with Crippen LogP contribution in [0, 0.1) is 10.1 Å². The molecule has 1 aromatic carbocycles. The quantitative estimate of drug-likeness (QED) is 0.356. The van der Waals surface area contributed by atoms with Gasteiger partial charge in [-0.1, -0.05) is 17.7 Å². The van der Waals surface area contributed by atoms with Crippen LogP contribution in [-0.2, 0) is 0 Å². The number of hydrogen-bond donors (Lipinski definition) is 0. The lowest BCUT2D eigenvalue weighted by Crippen LogP contribution is -2.10. The van der Waals surface area contributed by atoms with Crippen LogP contribution in [0.1, 0.15) is 0 Å². The van der Waals surface area contributed by atoms with Gasteiger partial charge >= 0.3 is 0 Å². The molecule has 5 heteroatoms. The fourth-order valence-corrected chi connectivity index (χ4v) is 0.854. The minimum Gasteiger partial charge on any atom is -0.258 e. The predicted molar refractivity (Wildman–Crippen MR) is 43.5 cm³/mol. The molecule has 3 nitrogen and oxygen atoms in total. The molecule has 0 bridgehead atoms. The topological polar surface area (TPSA) is 43.1 Å². The van der Waals surface area contributed by atoms with Gasteiger partial charge in [-0.3, -0.25) is 10.1 Å². The second-order valence-corrected chi connectivity index (χ2v) is 2.34. The molecule has 0 saturated heterocycles. The Labute approximate surface area is 69.5 Å². The first kappa shape index (κ1) is 8.08. The van der Waals surface area contributed by atoms with E-state index in [9.17, 15) is 10.1 Å². The van der Waals surface area contributed by atoms with E-state index in [1.807, 2.05) is 0 Å². The molecule has 0 heterocycles. The summed E-state index contributed by atoms with van der Waals surface area (Å²) in [6.45, 7) is 0. The molecule has 0 aliphatic heterocycles. The van der Waals surface area contributed by atoms with Crippen LogP contribution in [0.4, 0.5) is 5.69 Å². The van der Waals surface area contributed by atoms with E-state index in [1.54, 1.807) is 0 Å². The summed E-state index contributed by atoms with van der Waals surface area (Å²) in [5.74, 6) is 0. The molecule has 0 N–H and O–H groups in total. The van der Waals surface area contributed by atoms with E-state index in [4.69, 9.17) is 19.4 Å². The summed E-state index contributed by atoms with van der Waals surface area (Å²) >= 11 is 5.53. The van der Waals surface area contributed by atoms with Crippen LogP contribution in [0.3, 0.4) is 0 Å². The Morgan fingerprint density at radius 3 is 2.64 bits per heavy atom. The average Bonchev–Trinajstić information content (AvgIpc) is 1.94. The minimum absolute atomic E-state index is 0.0131. The van der Waals surface area contributed by atoms with Gasteiger partial charge in [-0.2, -0.15) is 0 Å². The van der Waals surface area contributed by atoms with Crippen LogP contribution < -0.4 is 5.46 Å². The third-order valence-corrected chi connectivity index (χ3v) is 1.56. The molecule has 0 unspecified atom stereocenters. The van der Waals surface area contributed by atoms with Gasteiger partial charge in [0.05, 0.1) is 4.92 Å². The standard InChI is InChI=1S/C6H3BClNO2/c7-6-4(8)2-1-3-5(6)9(10)11/h1-3H. The van der Waals surface area contributed by atoms with E-state index in [0.29, 0.717) is 0 Å². The van der Waals surface area contributed by atoms with E-state index < -0.39 is 4.92 Å². The average molecular weight is 167 g/mol. The van der Waals surface area contributed by atoms with Crippen LogP contribution in [0.15, 0.2) is 18.2 Å². The highest BCUT2D eigenvalue weighted by Crippen LogP contribution is 2.12. The first-order chi connectivity index (χ1) is 5.13. The molecule has 1 rings (SSSR count). The van der Waals surface area contributed by atoms with Crippen molar-refractivity contribution in [3.05, 3.63) is 33.3 Å². The molecular weight excluding hydrogens is 164 g/mol. The SMILES string of the molecule is [B]c1c(Cl)cccc1[N+](=O)[O-]. The van der Waals surface area contributed by atoms with Crippen molar-refractivity contribution in [1.29, 1.82) is 0 Å². The van der Waals surface area contributed by atoms with E-state index in [2.05, 4.69) is 0 Å². The maximum absolute atomic E-state index is 10.2. The first-order valence-corrected chi connectivity index (χ1v) is 3.19. The predicted octanol–water partition coefficient (Wildman–Crippen LogP) is 1.04. The molecule has 0 aliphatic rings. The second-order valence-electron chi connectivity index (χ2n) is 1.93. The van der Waals surface area contributed by atoms with Gasteiger partial charge in [0, 0.05) is 11.1 Å². The van der Waals surface area contributed by atoms with Crippen molar-refractivity contribution in [3.63, 3.8) is 0 Å². The van der Waals surface area contributed by atoms with Gasteiger partial charge in [0.25, 0.3) is 5.69 Å². The Hall–Kier alpha value is -1.03. The molecule has 0 amide bonds. The van der Waals surface area contributed by atoms with E-state index in [0.717, 1.165) is 0 Å². The molecule has 0 spiro atoms. The van der Waals surface area contributed by atoms with Crippen molar-refractivity contribution in [2.75, 3.05) is 0 Å². The molecule has 11 heavy (non-hydrogen) atoms. The van der Waals surface area contributed by atoms with Crippen LogP contribution in [0.2, 0.25) is 5.02 Å². The molecule has 0 aliphatic carbocycles. The zero-order valence-corrected chi connectivity index (χ0v) is 6.21. The van der Waals surface area contributed by atoms with Gasteiger partial charge in [-0.05, 0) is 11.5 Å². The highest BCUT2D eigenvalue weighted by molar-refractivity contribution is 6.46. The number of rotatable bonds is 1. The number of hydrogen-bond acceptors (Lipinski definition) is 2. The van der Waals surface area contributed by atoms with Crippen LogP contribution in [0.25, 0.3) is 0 Å². The van der Waals surface area contributed by atoms with Crippen molar-refractivity contribution in [3.8, 4) is 0 Å². The van der Waals surface area contributed by atoms with Gasteiger partial charge in [-0.25, -0.2) is 0 Å². The van der Waals surface area contributed by atoms with Gasteiger partial charge in [0.1, 0.15) is 7.85 Å². The summed E-state index contributed by atoms with van der Waals surface area (Å²) in [5, 5.41) is 10.4. The Morgan fingerprint density at radius 2 is 2.18 bits per heavy atom. The molecule has 0 atom stereocenters. The zero-order chi connectivity index (χ0) is 8.43. The fraction of sp³-hybridized carbons (Fsp3) is 0. The van der Waals surface area contributed by atoms with E-state index in [1.165, 1.54) is 18.2 Å². The van der Waals surface area contributed by atoms with Gasteiger partial charge in [0.2, 0.25) is 0 Å². The third-order valence-electron chi connectivity index (χ3n) is 1.23. The van der Waals surface area contributed by atoms with Crippen molar-refractivity contribution in [1.82, 2.24) is 0 Å². The summed E-state index contributed by atoms with van der Waals surface area (Å²) in [6, 6.07) is 4.29. The second kappa shape index (κ2) is 2.92. The summed E-state index contributed by atoms with van der Waals surface area (Å²) in [4.78, 5) is 9.67. The maximum Gasteiger partial charge on any atom is 0.263 e. The molecular formula is C6H3BClNO2. The fourth-order valence-electron chi connectivity index (χ4n) is 0.685. The number of halogens is 1. The highest BCUT2D eigenvalue weighted by Gasteiger charge is 2.10. The van der Waals surface area contributed by atoms with Crippen molar-refractivity contribution >= 4 is 30.6 Å². The first-order valence-electron chi connectivity index (χ1n) is 2.81. The van der Waals surface area contributed by atoms with Gasteiger partial charge in [0.15, 0.2) is 0 Å². The molecule has 54 valence electrons. The van der Waals surface area contributed by atoms with Gasteiger partial charge < -0.3 is 0 Å². The van der Waals surface area contributed by atoms with Crippen LogP contribution in [0.5, 0.6) is 0 Å². The molecule has 0 fully saturated rings. The summed E-state index contributed by atoms with van der Waals surface area (Å²) in [6.07, 6.45) is 0. The monoisotopic (exact) mass is 167 g/mol. The Balaban J connectivity index is 3.27. The molecule has 0 saturated carbocycles. The number of benzene rings is 1. The Bertz CT molecular complexity index is 303. The smallest absolute Gasteiger partial charge is 0.258 e. The molecule has 2 radical (unpaired) electrons. The lowest BCUT2D eigenvalue weighted by Gasteiger charge is -1.97. The largest absolute Gasteiger partial charge is 0.263 e. The Kier molecular flexibility index (Phi) is 2.15.